The van der Waals surface area contributed by atoms with Crippen molar-refractivity contribution in [3.05, 3.63) is 89.6 Å². The van der Waals surface area contributed by atoms with Gasteiger partial charge in [-0.15, -0.1) is 13.2 Å². The molecule has 1 atom stereocenters. The number of H-pyrrole nitrogens is 1. The molecule has 8 nitrogen and oxygen atoms in total. The standard InChI is InChI=1S/C28H25F3N4O4S/c1-40(37,38)34-16-18-6-8-19(9-7-18)20-10-11-26(39-28(29,30)31)24(15-20)27(36)35-22(12-13-32)14-21-17-33-25-5-3-2-4-23(21)25/h2-11,15,17,22,33-34H,12,14,16H2,1H3,(H,35,36). The molecule has 3 N–H and O–H groups in total. The van der Waals surface area contributed by atoms with E-state index in [1.807, 2.05) is 30.3 Å². The average molecular weight is 571 g/mol. The molecule has 1 aromatic heterocycles. The summed E-state index contributed by atoms with van der Waals surface area (Å²) in [5, 5.41) is 13.0. The van der Waals surface area contributed by atoms with Crippen molar-refractivity contribution in [3.8, 4) is 22.9 Å². The molecule has 4 aromatic rings. The minimum Gasteiger partial charge on any atom is -0.405 e. The van der Waals surface area contributed by atoms with Crippen molar-refractivity contribution >= 4 is 26.8 Å². The van der Waals surface area contributed by atoms with Gasteiger partial charge in [-0.3, -0.25) is 4.79 Å². The molecule has 0 bridgehead atoms. The van der Waals surface area contributed by atoms with Crippen LogP contribution in [0.2, 0.25) is 0 Å². The van der Waals surface area contributed by atoms with E-state index >= 15 is 0 Å². The molecule has 1 unspecified atom stereocenters. The third-order valence-corrected chi connectivity index (χ3v) is 6.76. The Bertz CT molecular complexity index is 1660. The second kappa shape index (κ2) is 11.8. The lowest BCUT2D eigenvalue weighted by Crippen LogP contribution is -2.36. The number of fused-ring (bicyclic) bond motifs is 1. The molecule has 0 aliphatic carbocycles. The SMILES string of the molecule is CS(=O)(=O)NCc1ccc(-c2ccc(OC(F)(F)F)c(C(=O)NC(CC#N)Cc3c[nH]c4ccccc34)c2)cc1. The van der Waals surface area contributed by atoms with Crippen molar-refractivity contribution in [2.45, 2.75) is 31.8 Å². The summed E-state index contributed by atoms with van der Waals surface area (Å²) < 4.78 is 68.6. The number of hydrogen-bond donors (Lipinski definition) is 3. The van der Waals surface area contributed by atoms with E-state index in [1.165, 1.54) is 12.1 Å². The van der Waals surface area contributed by atoms with Gasteiger partial charge in [0.2, 0.25) is 10.0 Å². The summed E-state index contributed by atoms with van der Waals surface area (Å²) in [5.74, 6) is -1.50. The zero-order chi connectivity index (χ0) is 28.9. The topological polar surface area (TPSA) is 124 Å². The zero-order valence-electron chi connectivity index (χ0n) is 21.2. The summed E-state index contributed by atoms with van der Waals surface area (Å²) in [6.45, 7) is 0.0713. The third-order valence-electron chi connectivity index (χ3n) is 6.09. The molecular formula is C28H25F3N4O4S. The summed E-state index contributed by atoms with van der Waals surface area (Å²) in [6.07, 6.45) is -2.00. The number of nitriles is 1. The van der Waals surface area contributed by atoms with Crippen LogP contribution in [0.4, 0.5) is 13.2 Å². The van der Waals surface area contributed by atoms with Gasteiger partial charge in [-0.05, 0) is 46.9 Å². The molecule has 40 heavy (non-hydrogen) atoms. The Balaban J connectivity index is 1.60. The number of carbonyl (C=O) groups is 1. The van der Waals surface area contributed by atoms with E-state index in [-0.39, 0.29) is 24.9 Å². The first-order valence-corrected chi connectivity index (χ1v) is 14.0. The average Bonchev–Trinajstić information content (AvgIpc) is 3.29. The Morgan fingerprint density at radius 3 is 2.45 bits per heavy atom. The quantitative estimate of drug-likeness (QED) is 0.247. The Kier molecular flexibility index (Phi) is 8.46. The van der Waals surface area contributed by atoms with E-state index in [0.717, 1.165) is 28.8 Å². The molecule has 208 valence electrons. The molecule has 0 aliphatic heterocycles. The second-order valence-corrected chi connectivity index (χ2v) is 11.0. The number of halogens is 3. The minimum atomic E-state index is -5.03. The molecule has 0 spiro atoms. The zero-order valence-corrected chi connectivity index (χ0v) is 22.1. The predicted octanol–water partition coefficient (Wildman–Crippen LogP) is 5.04. The summed E-state index contributed by atoms with van der Waals surface area (Å²) >= 11 is 0. The fourth-order valence-electron chi connectivity index (χ4n) is 4.24. The fraction of sp³-hybridized carbons (Fsp3) is 0.214. The number of aromatic nitrogens is 1. The van der Waals surface area contributed by atoms with E-state index in [9.17, 15) is 31.6 Å². The molecule has 0 saturated carbocycles. The summed E-state index contributed by atoms with van der Waals surface area (Å²) in [6, 6.07) is 19.2. The van der Waals surface area contributed by atoms with Crippen LogP contribution in [0.25, 0.3) is 22.0 Å². The summed E-state index contributed by atoms with van der Waals surface area (Å²) in [4.78, 5) is 16.4. The Hall–Kier alpha value is -4.34. The Labute approximate surface area is 228 Å². The van der Waals surface area contributed by atoms with Crippen molar-refractivity contribution in [2.24, 2.45) is 0 Å². The van der Waals surface area contributed by atoms with Gasteiger partial charge in [0.1, 0.15) is 5.75 Å². The lowest BCUT2D eigenvalue weighted by atomic mass is 9.99. The molecule has 0 aliphatic rings. The van der Waals surface area contributed by atoms with Crippen LogP contribution in [0.1, 0.15) is 27.9 Å². The maximum atomic E-state index is 13.3. The van der Waals surface area contributed by atoms with Crippen molar-refractivity contribution in [1.82, 2.24) is 15.0 Å². The van der Waals surface area contributed by atoms with Gasteiger partial charge in [0.05, 0.1) is 24.3 Å². The van der Waals surface area contributed by atoms with Crippen molar-refractivity contribution in [3.63, 3.8) is 0 Å². The van der Waals surface area contributed by atoms with E-state index in [1.54, 1.807) is 30.5 Å². The van der Waals surface area contributed by atoms with Crippen molar-refractivity contribution in [2.75, 3.05) is 6.26 Å². The lowest BCUT2D eigenvalue weighted by molar-refractivity contribution is -0.274. The number of sulfonamides is 1. The monoisotopic (exact) mass is 570 g/mol. The molecule has 0 saturated heterocycles. The highest BCUT2D eigenvalue weighted by Crippen LogP contribution is 2.31. The molecule has 3 aromatic carbocycles. The highest BCUT2D eigenvalue weighted by Gasteiger charge is 2.33. The van der Waals surface area contributed by atoms with Crippen LogP contribution in [0.5, 0.6) is 5.75 Å². The highest BCUT2D eigenvalue weighted by atomic mass is 32.2. The smallest absolute Gasteiger partial charge is 0.405 e. The highest BCUT2D eigenvalue weighted by molar-refractivity contribution is 7.88. The fourth-order valence-corrected chi connectivity index (χ4v) is 4.67. The molecule has 0 fully saturated rings. The van der Waals surface area contributed by atoms with Crippen LogP contribution < -0.4 is 14.8 Å². The Morgan fingerprint density at radius 2 is 1.77 bits per heavy atom. The molecular weight excluding hydrogens is 545 g/mol. The number of aromatic amines is 1. The second-order valence-electron chi connectivity index (χ2n) is 9.15. The van der Waals surface area contributed by atoms with Gasteiger partial charge in [0.25, 0.3) is 5.91 Å². The molecule has 0 radical (unpaired) electrons. The number of carbonyl (C=O) groups excluding carboxylic acids is 1. The van der Waals surface area contributed by atoms with Crippen molar-refractivity contribution in [1.29, 1.82) is 5.26 Å². The normalized spacial score (nSPS) is 12.6. The predicted molar refractivity (Wildman–Crippen MR) is 144 cm³/mol. The van der Waals surface area contributed by atoms with Gasteiger partial charge in [0.15, 0.2) is 0 Å². The summed E-state index contributed by atoms with van der Waals surface area (Å²) in [7, 11) is -3.38. The van der Waals surface area contributed by atoms with Crippen LogP contribution in [0.3, 0.4) is 0 Å². The third kappa shape index (κ3) is 7.62. The van der Waals surface area contributed by atoms with E-state index in [4.69, 9.17) is 0 Å². The molecule has 12 heteroatoms. The first kappa shape index (κ1) is 28.7. The molecule has 4 rings (SSSR count). The van der Waals surface area contributed by atoms with E-state index in [0.29, 0.717) is 16.7 Å². The van der Waals surface area contributed by atoms with Gasteiger partial charge in [-0.25, -0.2) is 13.1 Å². The first-order chi connectivity index (χ1) is 18.9. The number of rotatable bonds is 10. The number of para-hydroxylation sites is 1. The van der Waals surface area contributed by atoms with Gasteiger partial charge in [0, 0.05) is 29.7 Å². The van der Waals surface area contributed by atoms with Crippen LogP contribution >= 0.6 is 0 Å². The first-order valence-electron chi connectivity index (χ1n) is 12.1. The minimum absolute atomic E-state index is 0.0661. The number of nitrogens with zero attached hydrogens (tertiary/aromatic N) is 1. The largest absolute Gasteiger partial charge is 0.573 e. The summed E-state index contributed by atoms with van der Waals surface area (Å²) in [5.41, 5.74) is 3.08. The van der Waals surface area contributed by atoms with Crippen LogP contribution in [-0.4, -0.2) is 38.0 Å². The number of hydrogen-bond acceptors (Lipinski definition) is 5. The van der Waals surface area contributed by atoms with Gasteiger partial charge >= 0.3 is 6.36 Å². The molecule has 1 heterocycles. The van der Waals surface area contributed by atoms with Crippen LogP contribution in [0.15, 0.2) is 72.9 Å². The Morgan fingerprint density at radius 1 is 1.07 bits per heavy atom. The van der Waals surface area contributed by atoms with Gasteiger partial charge in [-0.1, -0.05) is 48.5 Å². The number of alkyl halides is 3. The van der Waals surface area contributed by atoms with Gasteiger partial charge in [-0.2, -0.15) is 5.26 Å². The van der Waals surface area contributed by atoms with Crippen LogP contribution in [-0.2, 0) is 23.0 Å². The number of benzene rings is 3. The van der Waals surface area contributed by atoms with E-state index in [2.05, 4.69) is 19.8 Å². The van der Waals surface area contributed by atoms with Gasteiger partial charge < -0.3 is 15.0 Å². The number of amides is 1. The molecule has 1 amide bonds. The maximum absolute atomic E-state index is 13.3. The van der Waals surface area contributed by atoms with Crippen LogP contribution in [0, 0.1) is 11.3 Å². The lowest BCUT2D eigenvalue weighted by Gasteiger charge is -2.19. The number of ether oxygens (including phenoxy) is 1. The van der Waals surface area contributed by atoms with Crippen molar-refractivity contribution < 1.29 is 31.1 Å². The van der Waals surface area contributed by atoms with E-state index < -0.39 is 34.1 Å². The maximum Gasteiger partial charge on any atom is 0.573 e. The number of nitrogens with one attached hydrogen (secondary N) is 3.